The lowest BCUT2D eigenvalue weighted by Crippen LogP contribution is -2.31. The molecule has 14 heteroatoms. The number of halogens is 6. The summed E-state index contributed by atoms with van der Waals surface area (Å²) in [4.78, 5) is 8.86. The maximum atomic E-state index is 13.4. The normalized spacial score (nSPS) is 15.8. The smallest absolute Gasteiger partial charge is 0.247 e. The van der Waals surface area contributed by atoms with E-state index in [9.17, 15) is 47.4 Å². The third kappa shape index (κ3) is 4.72. The Kier molecular flexibility index (Phi) is 7.05. The van der Waals surface area contributed by atoms with Crippen molar-refractivity contribution in [2.24, 2.45) is 5.92 Å². The first kappa shape index (κ1) is 31.8. The van der Waals surface area contributed by atoms with Crippen LogP contribution in [0.2, 0.25) is 0 Å². The fourth-order valence-electron chi connectivity index (χ4n) is 6.31. The van der Waals surface area contributed by atoms with Crippen molar-refractivity contribution in [1.82, 2.24) is 9.97 Å². The molecule has 3 aromatic heterocycles. The number of aromatic nitrogens is 2. The molecule has 7 rings (SSSR count). The van der Waals surface area contributed by atoms with Gasteiger partial charge in [0.1, 0.15) is 33.4 Å². The van der Waals surface area contributed by atoms with E-state index in [0.717, 1.165) is 12.1 Å². The summed E-state index contributed by atoms with van der Waals surface area (Å²) < 4.78 is 80.2. The van der Waals surface area contributed by atoms with Gasteiger partial charge in [0.2, 0.25) is 0 Å². The van der Waals surface area contributed by atoms with Gasteiger partial charge >= 0.3 is 12.4 Å². The molecular formula is C35H14F6N6S2. The average molecular weight is 697 g/mol. The Hall–Kier alpha value is -5.80. The lowest BCUT2D eigenvalue weighted by molar-refractivity contribution is -0.135. The molecule has 3 heterocycles. The molecule has 0 N–H and O–H groups in total. The van der Waals surface area contributed by atoms with Gasteiger partial charge in [0, 0.05) is 26.5 Å². The van der Waals surface area contributed by atoms with Crippen LogP contribution in [0.1, 0.15) is 39.2 Å². The van der Waals surface area contributed by atoms with E-state index in [-0.39, 0.29) is 33.9 Å². The predicted octanol–water partition coefficient (Wildman–Crippen LogP) is 9.75. The zero-order chi connectivity index (χ0) is 35.0. The summed E-state index contributed by atoms with van der Waals surface area (Å²) in [5, 5.41) is 40.1. The van der Waals surface area contributed by atoms with Crippen LogP contribution in [0.4, 0.5) is 26.3 Å². The van der Waals surface area contributed by atoms with Crippen molar-refractivity contribution in [2.75, 3.05) is 0 Å². The SMILES string of the molecule is CC1(C(C#N)C#N)c2cc(-c3ccc(C(F)(F)F)s3)ccc2-c2nc3c(nc21)-c1ccc(-c2ccc(C(F)(F)F)s2)cc1C3=C(C#N)C#N. The van der Waals surface area contributed by atoms with Gasteiger partial charge in [0.15, 0.2) is 0 Å². The first-order valence-electron chi connectivity index (χ1n) is 14.2. The third-order valence-corrected chi connectivity index (χ3v) is 11.0. The van der Waals surface area contributed by atoms with Crippen LogP contribution in [0, 0.1) is 51.2 Å². The molecule has 0 fully saturated rings. The molecule has 6 nitrogen and oxygen atoms in total. The molecule has 1 unspecified atom stereocenters. The predicted molar refractivity (Wildman–Crippen MR) is 168 cm³/mol. The number of allylic oxidation sites excluding steroid dienone is 1. The minimum atomic E-state index is -4.53. The molecule has 0 aliphatic heterocycles. The molecule has 0 bridgehead atoms. The van der Waals surface area contributed by atoms with Gasteiger partial charge in [0.05, 0.1) is 40.3 Å². The lowest BCUT2D eigenvalue weighted by atomic mass is 9.72. The van der Waals surface area contributed by atoms with Crippen LogP contribution in [-0.4, -0.2) is 9.97 Å². The maximum absolute atomic E-state index is 13.4. The van der Waals surface area contributed by atoms with Gasteiger partial charge in [-0.15, -0.1) is 22.7 Å². The number of rotatable bonds is 3. The molecule has 1 atom stereocenters. The molecule has 0 saturated carbocycles. The molecule has 5 aromatic rings. The fraction of sp³-hybridized carbons (Fsp3) is 0.143. The molecule has 0 amide bonds. The standard InChI is InChI=1S/C35H14F6N6S2/c1-33(19(14-44)15-45)23-11-17(25-7-9-27(49-25)35(39,40)41)3-5-21(23)30-32(33)47-29-20-4-2-16(24-6-8-26(48-24)34(36,37)38)10-22(20)28(31(29)46-30)18(12-42)13-43/h2-11,19H,1H3. The quantitative estimate of drug-likeness (QED) is 0.134. The van der Waals surface area contributed by atoms with E-state index < -0.39 is 33.4 Å². The van der Waals surface area contributed by atoms with Gasteiger partial charge in [-0.3, -0.25) is 0 Å². The molecule has 2 aliphatic rings. The minimum absolute atomic E-state index is 0.127. The van der Waals surface area contributed by atoms with Gasteiger partial charge in [-0.2, -0.15) is 47.4 Å². The van der Waals surface area contributed by atoms with Crippen LogP contribution in [0.3, 0.4) is 0 Å². The number of hydrogen-bond donors (Lipinski definition) is 0. The Labute approximate surface area is 281 Å². The van der Waals surface area contributed by atoms with Crippen molar-refractivity contribution in [3.63, 3.8) is 0 Å². The summed E-state index contributed by atoms with van der Waals surface area (Å²) in [6.07, 6.45) is -9.07. The van der Waals surface area contributed by atoms with Crippen molar-refractivity contribution in [2.45, 2.75) is 24.7 Å². The van der Waals surface area contributed by atoms with Crippen molar-refractivity contribution < 1.29 is 26.3 Å². The third-order valence-electron chi connectivity index (χ3n) is 8.65. The highest BCUT2D eigenvalue weighted by Gasteiger charge is 2.50. The highest BCUT2D eigenvalue weighted by Crippen LogP contribution is 2.55. The first-order valence-corrected chi connectivity index (χ1v) is 15.8. The summed E-state index contributed by atoms with van der Waals surface area (Å²) in [5.74, 6) is -1.31. The summed E-state index contributed by atoms with van der Waals surface area (Å²) in [7, 11) is 0. The van der Waals surface area contributed by atoms with E-state index >= 15 is 0 Å². The molecule has 0 radical (unpaired) electrons. The molecule has 2 aromatic carbocycles. The number of fused-ring (bicyclic) bond motifs is 6. The Balaban J connectivity index is 1.44. The monoisotopic (exact) mass is 696 g/mol. The van der Waals surface area contributed by atoms with E-state index in [1.165, 1.54) is 12.1 Å². The highest BCUT2D eigenvalue weighted by atomic mass is 32.1. The number of alkyl halides is 6. The minimum Gasteiger partial charge on any atom is -0.247 e. The second-order valence-electron chi connectivity index (χ2n) is 11.3. The zero-order valence-electron chi connectivity index (χ0n) is 24.6. The van der Waals surface area contributed by atoms with E-state index in [1.807, 2.05) is 24.3 Å². The van der Waals surface area contributed by atoms with Crippen molar-refractivity contribution in [1.29, 1.82) is 21.0 Å². The number of nitrogens with zero attached hydrogens (tertiary/aromatic N) is 6. The van der Waals surface area contributed by atoms with Crippen LogP contribution in [0.25, 0.3) is 49.0 Å². The van der Waals surface area contributed by atoms with E-state index in [0.29, 0.717) is 65.8 Å². The van der Waals surface area contributed by atoms with Crippen molar-refractivity contribution in [3.05, 3.63) is 98.5 Å². The summed E-state index contributed by atoms with van der Waals surface area (Å²) in [5.41, 5.74) is 1.84. The van der Waals surface area contributed by atoms with E-state index in [2.05, 4.69) is 0 Å². The van der Waals surface area contributed by atoms with Crippen LogP contribution in [0.15, 0.2) is 66.2 Å². The Morgan fingerprint density at radius 2 is 1.22 bits per heavy atom. The van der Waals surface area contributed by atoms with Gasteiger partial charge < -0.3 is 0 Å². The average Bonchev–Trinajstić information content (AvgIpc) is 3.86. The molecule has 0 spiro atoms. The van der Waals surface area contributed by atoms with Crippen LogP contribution >= 0.6 is 22.7 Å². The molecule has 49 heavy (non-hydrogen) atoms. The van der Waals surface area contributed by atoms with Crippen LogP contribution < -0.4 is 0 Å². The number of benzene rings is 2. The summed E-state index contributed by atoms with van der Waals surface area (Å²) >= 11 is 1.10. The van der Waals surface area contributed by atoms with Gasteiger partial charge in [-0.25, -0.2) is 9.97 Å². The van der Waals surface area contributed by atoms with Gasteiger partial charge in [-0.1, -0.05) is 24.3 Å². The summed E-state index contributed by atoms with van der Waals surface area (Å²) in [6.45, 7) is 1.63. The van der Waals surface area contributed by atoms with E-state index in [1.54, 1.807) is 43.3 Å². The second-order valence-corrected chi connectivity index (χ2v) is 13.5. The number of thiophene rings is 2. The Morgan fingerprint density at radius 3 is 1.73 bits per heavy atom. The summed E-state index contributed by atoms with van der Waals surface area (Å²) in [6, 6.07) is 22.1. The second kappa shape index (κ2) is 10.9. The lowest BCUT2D eigenvalue weighted by Gasteiger charge is -2.27. The largest absolute Gasteiger partial charge is 0.425 e. The molecule has 0 saturated heterocycles. The Morgan fingerprint density at radius 1 is 0.673 bits per heavy atom. The Bertz CT molecular complexity index is 2430. The molecular weight excluding hydrogens is 683 g/mol. The molecule has 238 valence electrons. The van der Waals surface area contributed by atoms with Gasteiger partial charge in [-0.05, 0) is 65.6 Å². The highest BCUT2D eigenvalue weighted by molar-refractivity contribution is 7.15. The van der Waals surface area contributed by atoms with Crippen LogP contribution in [0.5, 0.6) is 0 Å². The topological polar surface area (TPSA) is 121 Å². The van der Waals surface area contributed by atoms with Crippen molar-refractivity contribution >= 4 is 28.2 Å². The fourth-order valence-corrected chi connectivity index (χ4v) is 8.05. The van der Waals surface area contributed by atoms with E-state index in [4.69, 9.17) is 9.97 Å². The number of hydrogen-bond acceptors (Lipinski definition) is 8. The van der Waals surface area contributed by atoms with Crippen LogP contribution in [-0.2, 0) is 17.8 Å². The molecule has 2 aliphatic carbocycles. The van der Waals surface area contributed by atoms with Gasteiger partial charge in [0.25, 0.3) is 0 Å². The zero-order valence-corrected chi connectivity index (χ0v) is 26.3. The maximum Gasteiger partial charge on any atom is 0.425 e. The first-order chi connectivity index (χ1) is 23.2. The number of nitriles is 4. The van der Waals surface area contributed by atoms with Crippen molar-refractivity contribution in [3.8, 4) is 67.7 Å².